The minimum absolute atomic E-state index is 0.0137. The van der Waals surface area contributed by atoms with E-state index >= 15 is 0 Å². The van der Waals surface area contributed by atoms with Crippen molar-refractivity contribution in [3.05, 3.63) is 80.3 Å². The average molecular weight is 340 g/mol. The van der Waals surface area contributed by atoms with Crippen molar-refractivity contribution in [3.8, 4) is 0 Å². The number of para-hydroxylation sites is 2. The molecule has 0 aliphatic carbocycles. The van der Waals surface area contributed by atoms with E-state index in [2.05, 4.69) is 14.5 Å². The molecular formula is C17H16N4O2S. The molecule has 6 nitrogen and oxygen atoms in total. The Balaban J connectivity index is 1.94. The van der Waals surface area contributed by atoms with Gasteiger partial charge in [0.15, 0.2) is 4.80 Å². The van der Waals surface area contributed by atoms with Crippen LogP contribution in [0, 0.1) is 17.0 Å². The highest BCUT2D eigenvalue weighted by molar-refractivity contribution is 7.07. The third-order valence-electron chi connectivity index (χ3n) is 3.60. The Morgan fingerprint density at radius 3 is 2.79 bits per heavy atom. The molecular weight excluding hydrogens is 324 g/mol. The van der Waals surface area contributed by atoms with Gasteiger partial charge in [0.2, 0.25) is 0 Å². The molecule has 0 amide bonds. The van der Waals surface area contributed by atoms with Gasteiger partial charge in [-0.15, -0.1) is 11.3 Å². The average Bonchev–Trinajstić information content (AvgIpc) is 2.94. The molecule has 3 rings (SSSR count). The zero-order valence-electron chi connectivity index (χ0n) is 13.1. The second-order valence-electron chi connectivity index (χ2n) is 5.24. The first kappa shape index (κ1) is 16.1. The summed E-state index contributed by atoms with van der Waals surface area (Å²) in [5, 5.41) is 13.2. The van der Waals surface area contributed by atoms with Crippen molar-refractivity contribution in [2.45, 2.75) is 19.9 Å². The fraction of sp³-hybridized carbons (Fsp3) is 0.176. The van der Waals surface area contributed by atoms with E-state index in [4.69, 9.17) is 0 Å². The Bertz CT molecular complexity index is 916. The molecule has 0 saturated carbocycles. The number of hydrogen-bond acceptors (Lipinski definition) is 5. The van der Waals surface area contributed by atoms with Gasteiger partial charge in [0.1, 0.15) is 5.69 Å². The molecule has 122 valence electrons. The monoisotopic (exact) mass is 340 g/mol. The van der Waals surface area contributed by atoms with Crippen molar-refractivity contribution in [1.29, 1.82) is 0 Å². The van der Waals surface area contributed by atoms with Gasteiger partial charge in [0.05, 0.1) is 4.92 Å². The first-order valence-corrected chi connectivity index (χ1v) is 8.36. The van der Waals surface area contributed by atoms with E-state index in [1.807, 2.05) is 30.5 Å². The Morgan fingerprint density at radius 2 is 2.04 bits per heavy atom. The van der Waals surface area contributed by atoms with E-state index in [0.29, 0.717) is 5.69 Å². The summed E-state index contributed by atoms with van der Waals surface area (Å²) >= 11 is 1.48. The number of nitro benzene ring substituents is 1. The molecule has 0 spiro atoms. The molecule has 0 fully saturated rings. The van der Waals surface area contributed by atoms with E-state index in [-0.39, 0.29) is 5.69 Å². The van der Waals surface area contributed by atoms with Crippen LogP contribution in [0.3, 0.4) is 0 Å². The normalized spacial score (nSPS) is 11.6. The second-order valence-corrected chi connectivity index (χ2v) is 6.08. The fourth-order valence-corrected chi connectivity index (χ4v) is 3.28. The molecule has 0 bridgehead atoms. The predicted molar refractivity (Wildman–Crippen MR) is 93.3 cm³/mol. The molecule has 0 N–H and O–H groups in total. The smallest absolute Gasteiger partial charge is 0.294 e. The molecule has 0 unspecified atom stereocenters. The molecule has 1 aromatic carbocycles. The van der Waals surface area contributed by atoms with Crippen molar-refractivity contribution in [1.82, 2.24) is 9.55 Å². The van der Waals surface area contributed by atoms with Crippen LogP contribution in [-0.2, 0) is 13.0 Å². The quantitative estimate of drug-likeness (QED) is 0.526. The minimum atomic E-state index is -0.405. The number of rotatable bonds is 5. The van der Waals surface area contributed by atoms with Gasteiger partial charge >= 0.3 is 0 Å². The summed E-state index contributed by atoms with van der Waals surface area (Å²) in [6.07, 6.45) is 2.56. The van der Waals surface area contributed by atoms with Crippen molar-refractivity contribution >= 4 is 22.7 Å². The number of aromatic nitrogens is 2. The SMILES string of the molecule is Cc1csc(=Nc2ccccc2[N+](=O)[O-])n1CCc1ccccn1. The third kappa shape index (κ3) is 3.57. The molecule has 24 heavy (non-hydrogen) atoms. The Kier molecular flexibility index (Phi) is 4.81. The van der Waals surface area contributed by atoms with Gasteiger partial charge in [-0.25, -0.2) is 4.99 Å². The van der Waals surface area contributed by atoms with E-state index in [1.54, 1.807) is 24.4 Å². The van der Waals surface area contributed by atoms with Crippen molar-refractivity contribution in [2.24, 2.45) is 4.99 Å². The number of nitro groups is 1. The predicted octanol–water partition coefficient (Wildman–Crippen LogP) is 3.64. The van der Waals surface area contributed by atoms with E-state index < -0.39 is 4.92 Å². The topological polar surface area (TPSA) is 73.3 Å². The summed E-state index contributed by atoms with van der Waals surface area (Å²) in [5.41, 5.74) is 2.47. The van der Waals surface area contributed by atoms with Crippen LogP contribution in [0.25, 0.3) is 0 Å². The van der Waals surface area contributed by atoms with Crippen LogP contribution >= 0.6 is 11.3 Å². The van der Waals surface area contributed by atoms with Crippen LogP contribution in [0.4, 0.5) is 11.4 Å². The van der Waals surface area contributed by atoms with E-state index in [9.17, 15) is 10.1 Å². The van der Waals surface area contributed by atoms with Gasteiger partial charge in [0.25, 0.3) is 5.69 Å². The molecule has 0 atom stereocenters. The summed E-state index contributed by atoms with van der Waals surface area (Å²) in [6.45, 7) is 2.74. The third-order valence-corrected chi connectivity index (χ3v) is 4.59. The highest BCUT2D eigenvalue weighted by atomic mass is 32.1. The van der Waals surface area contributed by atoms with Crippen molar-refractivity contribution in [3.63, 3.8) is 0 Å². The summed E-state index contributed by atoms with van der Waals surface area (Å²) in [7, 11) is 0. The number of pyridine rings is 1. The largest absolute Gasteiger partial charge is 0.321 e. The summed E-state index contributed by atoms with van der Waals surface area (Å²) in [6, 6.07) is 12.4. The fourth-order valence-electron chi connectivity index (χ4n) is 2.36. The van der Waals surface area contributed by atoms with Crippen LogP contribution in [0.5, 0.6) is 0 Å². The molecule has 2 heterocycles. The summed E-state index contributed by atoms with van der Waals surface area (Å²) in [4.78, 5) is 20.3. The Labute approximate surface area is 142 Å². The van der Waals surface area contributed by atoms with Gasteiger partial charge in [-0.1, -0.05) is 18.2 Å². The van der Waals surface area contributed by atoms with Gasteiger partial charge in [-0.2, -0.15) is 0 Å². The second kappa shape index (κ2) is 7.18. The minimum Gasteiger partial charge on any atom is -0.321 e. The zero-order chi connectivity index (χ0) is 16.9. The highest BCUT2D eigenvalue weighted by Crippen LogP contribution is 2.25. The highest BCUT2D eigenvalue weighted by Gasteiger charge is 2.12. The lowest BCUT2D eigenvalue weighted by atomic mass is 10.2. The van der Waals surface area contributed by atoms with Crippen LogP contribution in [-0.4, -0.2) is 14.5 Å². The number of aryl methyl sites for hydroxylation is 2. The van der Waals surface area contributed by atoms with Gasteiger partial charge < -0.3 is 4.57 Å². The van der Waals surface area contributed by atoms with Crippen molar-refractivity contribution < 1.29 is 4.92 Å². The molecule has 0 radical (unpaired) electrons. The van der Waals surface area contributed by atoms with Gasteiger partial charge in [-0.05, 0) is 25.1 Å². The van der Waals surface area contributed by atoms with Crippen LogP contribution in [0.2, 0.25) is 0 Å². The molecule has 2 aromatic heterocycles. The molecule has 0 aliphatic rings. The summed E-state index contributed by atoms with van der Waals surface area (Å²) < 4.78 is 2.07. The lowest BCUT2D eigenvalue weighted by Gasteiger charge is -2.05. The number of hydrogen-bond donors (Lipinski definition) is 0. The molecule has 0 aliphatic heterocycles. The number of thiazole rings is 1. The first-order chi connectivity index (χ1) is 11.6. The Hall–Kier alpha value is -2.80. The van der Waals surface area contributed by atoms with Crippen LogP contribution in [0.15, 0.2) is 59.0 Å². The maximum Gasteiger partial charge on any atom is 0.294 e. The van der Waals surface area contributed by atoms with Crippen LogP contribution < -0.4 is 4.80 Å². The molecule has 0 saturated heterocycles. The standard InChI is InChI=1S/C17H16N4O2S/c1-13-12-24-17(19-15-7-2-3-8-16(15)21(22)23)20(13)11-9-14-6-4-5-10-18-14/h2-8,10,12H,9,11H2,1H3. The molecule has 7 heteroatoms. The van der Waals surface area contributed by atoms with E-state index in [0.717, 1.165) is 29.2 Å². The lowest BCUT2D eigenvalue weighted by Crippen LogP contribution is -2.17. The van der Waals surface area contributed by atoms with Gasteiger partial charge in [0, 0.05) is 42.0 Å². The van der Waals surface area contributed by atoms with Gasteiger partial charge in [-0.3, -0.25) is 15.1 Å². The maximum atomic E-state index is 11.1. The zero-order valence-corrected chi connectivity index (χ0v) is 13.9. The first-order valence-electron chi connectivity index (χ1n) is 7.48. The van der Waals surface area contributed by atoms with Crippen molar-refractivity contribution in [2.75, 3.05) is 0 Å². The number of nitrogens with zero attached hydrogens (tertiary/aromatic N) is 4. The summed E-state index contributed by atoms with van der Waals surface area (Å²) in [5.74, 6) is 0. The Morgan fingerprint density at radius 1 is 1.25 bits per heavy atom. The lowest BCUT2D eigenvalue weighted by molar-refractivity contribution is -0.384. The molecule has 3 aromatic rings. The van der Waals surface area contributed by atoms with E-state index in [1.165, 1.54) is 17.4 Å². The maximum absolute atomic E-state index is 11.1. The van der Waals surface area contributed by atoms with Crippen LogP contribution in [0.1, 0.15) is 11.4 Å². The number of benzene rings is 1.